The maximum absolute atomic E-state index is 5.86. The van der Waals surface area contributed by atoms with Gasteiger partial charge >= 0.3 is 0 Å². The van der Waals surface area contributed by atoms with E-state index in [1.54, 1.807) is 0 Å². The van der Waals surface area contributed by atoms with Crippen LogP contribution in [0.25, 0.3) is 0 Å². The quantitative estimate of drug-likeness (QED) is 0.643. The molecule has 2 saturated carbocycles. The van der Waals surface area contributed by atoms with E-state index in [4.69, 9.17) is 11.6 Å². The van der Waals surface area contributed by atoms with E-state index in [2.05, 4.69) is 5.32 Å². The van der Waals surface area contributed by atoms with Crippen LogP contribution in [0.1, 0.15) is 32.1 Å². The van der Waals surface area contributed by atoms with Gasteiger partial charge in [-0.25, -0.2) is 0 Å². The summed E-state index contributed by atoms with van der Waals surface area (Å²) in [6.07, 6.45) is 6.72. The summed E-state index contributed by atoms with van der Waals surface area (Å²) in [5.74, 6) is 1.06. The van der Waals surface area contributed by atoms with Crippen molar-refractivity contribution in [1.29, 1.82) is 0 Å². The maximum atomic E-state index is 5.86. The van der Waals surface area contributed by atoms with E-state index in [0.717, 1.165) is 12.0 Å². The lowest BCUT2D eigenvalue weighted by molar-refractivity contribution is 0.343. The molecule has 0 heterocycles. The minimum atomic E-state index is 0.466. The summed E-state index contributed by atoms with van der Waals surface area (Å²) < 4.78 is 0. The predicted octanol–water partition coefficient (Wildman–Crippen LogP) is 2.15. The fourth-order valence-corrected chi connectivity index (χ4v) is 2.04. The van der Waals surface area contributed by atoms with Crippen LogP contribution in [0.2, 0.25) is 0 Å². The van der Waals surface area contributed by atoms with Crippen molar-refractivity contribution in [3.63, 3.8) is 0 Å². The monoisotopic (exact) mass is 173 g/mol. The molecule has 1 N–H and O–H groups in total. The Bertz CT molecular complexity index is 128. The molecule has 0 saturated heterocycles. The molecule has 2 rings (SSSR count). The van der Waals surface area contributed by atoms with Gasteiger partial charge in [0, 0.05) is 11.4 Å². The van der Waals surface area contributed by atoms with Crippen LogP contribution in [0.4, 0.5) is 0 Å². The van der Waals surface area contributed by atoms with Crippen molar-refractivity contribution in [2.24, 2.45) is 5.92 Å². The third-order valence-corrected chi connectivity index (χ3v) is 3.12. The zero-order valence-corrected chi connectivity index (χ0v) is 7.61. The van der Waals surface area contributed by atoms with Gasteiger partial charge < -0.3 is 5.32 Å². The molecule has 0 aromatic heterocycles. The van der Waals surface area contributed by atoms with Gasteiger partial charge in [-0.05, 0) is 31.7 Å². The Labute approximate surface area is 73.5 Å². The first kappa shape index (κ1) is 7.88. The molecule has 64 valence electrons. The second-order valence-electron chi connectivity index (χ2n) is 3.95. The molecule has 0 atom stereocenters. The van der Waals surface area contributed by atoms with Crippen LogP contribution in [0.15, 0.2) is 0 Å². The van der Waals surface area contributed by atoms with E-state index in [9.17, 15) is 0 Å². The van der Waals surface area contributed by atoms with Crippen molar-refractivity contribution >= 4 is 11.6 Å². The Morgan fingerprint density at radius 1 is 1.27 bits per heavy atom. The van der Waals surface area contributed by atoms with Gasteiger partial charge in [0.2, 0.25) is 0 Å². The summed E-state index contributed by atoms with van der Waals surface area (Å²) in [6.45, 7) is 1.22. The van der Waals surface area contributed by atoms with Gasteiger partial charge in [-0.15, -0.1) is 11.6 Å². The van der Waals surface area contributed by atoms with Crippen LogP contribution >= 0.6 is 11.6 Å². The van der Waals surface area contributed by atoms with Gasteiger partial charge in [-0.3, -0.25) is 0 Å². The van der Waals surface area contributed by atoms with E-state index >= 15 is 0 Å². The molecule has 0 amide bonds. The maximum Gasteiger partial charge on any atom is 0.0365 e. The summed E-state index contributed by atoms with van der Waals surface area (Å²) in [5.41, 5.74) is 0. The van der Waals surface area contributed by atoms with Crippen LogP contribution in [-0.4, -0.2) is 18.0 Å². The average Bonchev–Trinajstić information content (AvgIpc) is 2.67. The van der Waals surface area contributed by atoms with Gasteiger partial charge in [0.05, 0.1) is 0 Å². The van der Waals surface area contributed by atoms with E-state index in [-0.39, 0.29) is 0 Å². The van der Waals surface area contributed by atoms with Crippen molar-refractivity contribution in [3.8, 4) is 0 Å². The lowest BCUT2D eigenvalue weighted by Crippen LogP contribution is -2.42. The minimum Gasteiger partial charge on any atom is -0.314 e. The van der Waals surface area contributed by atoms with Crippen molar-refractivity contribution in [2.75, 3.05) is 6.54 Å². The number of rotatable bonds is 4. The first-order valence-electron chi connectivity index (χ1n) is 4.72. The molecule has 2 fully saturated rings. The van der Waals surface area contributed by atoms with E-state index < -0.39 is 0 Å². The fraction of sp³-hybridized carbons (Fsp3) is 1.00. The standard InChI is InChI=1S/C9H16ClN/c10-8-5-9(6-8)11-4-3-7-1-2-7/h7-9,11H,1-6H2. The number of alkyl halides is 1. The zero-order chi connectivity index (χ0) is 7.68. The molecule has 0 radical (unpaired) electrons. The third kappa shape index (κ3) is 2.34. The number of nitrogens with one attached hydrogen (secondary N) is 1. The molecular weight excluding hydrogens is 158 g/mol. The molecule has 2 aliphatic rings. The highest BCUT2D eigenvalue weighted by Crippen LogP contribution is 2.32. The van der Waals surface area contributed by atoms with Crippen LogP contribution < -0.4 is 5.32 Å². The molecule has 0 aliphatic heterocycles. The SMILES string of the molecule is ClC1CC(NCCC2CC2)C1. The highest BCUT2D eigenvalue weighted by molar-refractivity contribution is 6.21. The summed E-state index contributed by atoms with van der Waals surface area (Å²) in [7, 11) is 0. The normalized spacial score (nSPS) is 36.8. The van der Waals surface area contributed by atoms with Gasteiger partial charge in [0.25, 0.3) is 0 Å². The number of halogens is 1. The van der Waals surface area contributed by atoms with Crippen molar-refractivity contribution in [1.82, 2.24) is 5.32 Å². The van der Waals surface area contributed by atoms with Crippen molar-refractivity contribution in [3.05, 3.63) is 0 Å². The summed E-state index contributed by atoms with van der Waals surface area (Å²) in [5, 5.41) is 4.00. The summed E-state index contributed by atoms with van der Waals surface area (Å²) >= 11 is 5.86. The van der Waals surface area contributed by atoms with E-state index in [1.807, 2.05) is 0 Å². The van der Waals surface area contributed by atoms with Crippen molar-refractivity contribution in [2.45, 2.75) is 43.5 Å². The molecule has 0 unspecified atom stereocenters. The average molecular weight is 174 g/mol. The summed E-state index contributed by atoms with van der Waals surface area (Å²) in [6, 6.07) is 0.747. The highest BCUT2D eigenvalue weighted by atomic mass is 35.5. The lowest BCUT2D eigenvalue weighted by atomic mass is 9.92. The Balaban J connectivity index is 1.47. The van der Waals surface area contributed by atoms with Crippen molar-refractivity contribution < 1.29 is 0 Å². The van der Waals surface area contributed by atoms with Crippen LogP contribution in [0, 0.1) is 5.92 Å². The topological polar surface area (TPSA) is 12.0 Å². The zero-order valence-electron chi connectivity index (χ0n) is 6.85. The highest BCUT2D eigenvalue weighted by Gasteiger charge is 2.27. The molecule has 0 aromatic rings. The molecule has 11 heavy (non-hydrogen) atoms. The van der Waals surface area contributed by atoms with Crippen LogP contribution in [0.5, 0.6) is 0 Å². The second-order valence-corrected chi connectivity index (χ2v) is 4.57. The van der Waals surface area contributed by atoms with Gasteiger partial charge in [0.15, 0.2) is 0 Å². The van der Waals surface area contributed by atoms with Gasteiger partial charge in [-0.2, -0.15) is 0 Å². The van der Waals surface area contributed by atoms with E-state index in [1.165, 1.54) is 38.6 Å². The first-order valence-corrected chi connectivity index (χ1v) is 5.15. The van der Waals surface area contributed by atoms with Gasteiger partial charge in [-0.1, -0.05) is 12.8 Å². The van der Waals surface area contributed by atoms with Crippen LogP contribution in [0.3, 0.4) is 0 Å². The lowest BCUT2D eigenvalue weighted by Gasteiger charge is -2.31. The fourth-order valence-electron chi connectivity index (χ4n) is 1.61. The molecule has 2 heteroatoms. The minimum absolute atomic E-state index is 0.466. The number of hydrogen-bond acceptors (Lipinski definition) is 1. The molecule has 0 aromatic carbocycles. The van der Waals surface area contributed by atoms with Crippen LogP contribution in [-0.2, 0) is 0 Å². The Morgan fingerprint density at radius 2 is 2.00 bits per heavy atom. The third-order valence-electron chi connectivity index (χ3n) is 2.76. The largest absolute Gasteiger partial charge is 0.314 e. The predicted molar refractivity (Wildman–Crippen MR) is 48.0 cm³/mol. The molecule has 0 spiro atoms. The Morgan fingerprint density at radius 3 is 2.55 bits per heavy atom. The Hall–Kier alpha value is 0.250. The Kier molecular flexibility index (Phi) is 2.38. The molecule has 1 nitrogen and oxygen atoms in total. The molecule has 2 aliphatic carbocycles. The van der Waals surface area contributed by atoms with E-state index in [0.29, 0.717) is 5.38 Å². The first-order chi connectivity index (χ1) is 5.34. The molecule has 0 bridgehead atoms. The molecular formula is C9H16ClN. The van der Waals surface area contributed by atoms with Gasteiger partial charge in [0.1, 0.15) is 0 Å². The second kappa shape index (κ2) is 3.32. The summed E-state index contributed by atoms with van der Waals surface area (Å²) in [4.78, 5) is 0. The smallest absolute Gasteiger partial charge is 0.0365 e. The number of hydrogen-bond donors (Lipinski definition) is 1.